The topological polar surface area (TPSA) is 55.2 Å². The lowest BCUT2D eigenvalue weighted by molar-refractivity contribution is -0.138. The van der Waals surface area contributed by atoms with Crippen molar-refractivity contribution in [2.75, 3.05) is 6.54 Å². The van der Waals surface area contributed by atoms with E-state index in [1.807, 2.05) is 61.2 Å². The zero-order chi connectivity index (χ0) is 22.0. The molecule has 0 saturated heterocycles. The predicted molar refractivity (Wildman–Crippen MR) is 127 cm³/mol. The number of benzene rings is 2. The molecule has 1 aromatic heterocycles. The summed E-state index contributed by atoms with van der Waals surface area (Å²) < 4.78 is 2.60. The van der Waals surface area contributed by atoms with E-state index >= 15 is 0 Å². The summed E-state index contributed by atoms with van der Waals surface area (Å²) in [6.45, 7) is 4.57. The minimum atomic E-state index is -0.319. The number of carbonyl (C=O) groups is 1. The molecule has 0 aliphatic heterocycles. The Kier molecular flexibility index (Phi) is 6.56. The quantitative estimate of drug-likeness (QED) is 0.473. The Hall–Kier alpha value is -2.47. The summed E-state index contributed by atoms with van der Waals surface area (Å²) in [6, 6.07) is 14.7. The van der Waals surface area contributed by atoms with Crippen LogP contribution < -0.4 is 5.56 Å². The predicted octanol–water partition coefficient (Wildman–Crippen LogP) is 5.64. The molecule has 1 aliphatic carbocycles. The van der Waals surface area contributed by atoms with E-state index in [0.717, 1.165) is 35.8 Å². The fraction of sp³-hybridized carbons (Fsp3) is 0.400. The van der Waals surface area contributed by atoms with Crippen molar-refractivity contribution >= 4 is 32.7 Å². The molecule has 0 bridgehead atoms. The molecule has 6 heteroatoms. The Labute approximate surface area is 191 Å². The molecule has 1 unspecified atom stereocenters. The lowest BCUT2D eigenvalue weighted by Crippen LogP contribution is -2.41. The fourth-order valence-electron chi connectivity index (χ4n) is 4.61. The number of amides is 1. The molecule has 1 fully saturated rings. The molecular weight excluding hydrogens is 454 g/mol. The molecule has 1 saturated carbocycles. The second-order valence-corrected chi connectivity index (χ2v) is 9.15. The van der Waals surface area contributed by atoms with Crippen molar-refractivity contribution in [3.63, 3.8) is 0 Å². The second kappa shape index (κ2) is 9.35. The maximum Gasteiger partial charge on any atom is 0.266 e. The lowest BCUT2D eigenvalue weighted by atomic mass is 9.88. The molecule has 162 valence electrons. The van der Waals surface area contributed by atoms with Gasteiger partial charge < -0.3 is 4.90 Å². The van der Waals surface area contributed by atoms with Crippen LogP contribution in [0.15, 0.2) is 57.8 Å². The van der Waals surface area contributed by atoms with Gasteiger partial charge in [-0.3, -0.25) is 14.2 Å². The molecule has 1 atom stereocenters. The van der Waals surface area contributed by atoms with Crippen molar-refractivity contribution in [1.29, 1.82) is 0 Å². The van der Waals surface area contributed by atoms with Gasteiger partial charge in [0.05, 0.1) is 22.6 Å². The Bertz CT molecular complexity index is 1130. The van der Waals surface area contributed by atoms with Crippen LogP contribution in [0, 0.1) is 5.92 Å². The number of rotatable bonds is 5. The van der Waals surface area contributed by atoms with Crippen molar-refractivity contribution in [1.82, 2.24) is 14.5 Å². The van der Waals surface area contributed by atoms with Gasteiger partial charge in [0.2, 0.25) is 5.91 Å². The van der Waals surface area contributed by atoms with Gasteiger partial charge in [0, 0.05) is 16.9 Å². The molecule has 1 aliphatic rings. The van der Waals surface area contributed by atoms with E-state index in [2.05, 4.69) is 15.9 Å². The summed E-state index contributed by atoms with van der Waals surface area (Å²) in [7, 11) is 0. The van der Waals surface area contributed by atoms with E-state index in [1.165, 1.54) is 6.42 Å². The number of nitrogens with zero attached hydrogens (tertiary/aromatic N) is 3. The van der Waals surface area contributed by atoms with Crippen LogP contribution in [0.1, 0.15) is 57.8 Å². The van der Waals surface area contributed by atoms with Crippen LogP contribution >= 0.6 is 15.9 Å². The molecule has 3 aromatic rings. The zero-order valence-electron chi connectivity index (χ0n) is 18.1. The molecule has 0 spiro atoms. The molecule has 4 rings (SSSR count). The summed E-state index contributed by atoms with van der Waals surface area (Å²) in [4.78, 5) is 33.7. The van der Waals surface area contributed by atoms with Crippen LogP contribution in [0.3, 0.4) is 0 Å². The summed E-state index contributed by atoms with van der Waals surface area (Å²) >= 11 is 3.47. The average molecular weight is 482 g/mol. The number of aromatic nitrogens is 2. The van der Waals surface area contributed by atoms with Gasteiger partial charge >= 0.3 is 0 Å². The highest BCUT2D eigenvalue weighted by Crippen LogP contribution is 2.30. The number of carbonyl (C=O) groups excluding carboxylic acids is 1. The van der Waals surface area contributed by atoms with E-state index in [0.29, 0.717) is 23.3 Å². The van der Waals surface area contributed by atoms with Crippen molar-refractivity contribution in [2.45, 2.75) is 52.0 Å². The molecule has 0 N–H and O–H groups in total. The lowest BCUT2D eigenvalue weighted by Gasteiger charge is -2.33. The molecule has 1 amide bonds. The maximum absolute atomic E-state index is 13.5. The van der Waals surface area contributed by atoms with E-state index in [4.69, 9.17) is 4.98 Å². The third-order valence-corrected chi connectivity index (χ3v) is 6.83. The smallest absolute Gasteiger partial charge is 0.266 e. The van der Waals surface area contributed by atoms with Gasteiger partial charge in [-0.2, -0.15) is 0 Å². The number of hydrogen-bond donors (Lipinski definition) is 0. The Balaban J connectivity index is 1.84. The van der Waals surface area contributed by atoms with Crippen LogP contribution in [0.2, 0.25) is 0 Å². The van der Waals surface area contributed by atoms with E-state index in [-0.39, 0.29) is 23.4 Å². The first-order valence-corrected chi connectivity index (χ1v) is 11.9. The molecule has 1 heterocycles. The highest BCUT2D eigenvalue weighted by molar-refractivity contribution is 9.10. The van der Waals surface area contributed by atoms with Crippen LogP contribution in [-0.4, -0.2) is 26.9 Å². The van der Waals surface area contributed by atoms with Gasteiger partial charge in [0.25, 0.3) is 5.56 Å². The summed E-state index contributed by atoms with van der Waals surface area (Å²) in [6.07, 6.45) is 5.33. The number of hydrogen-bond acceptors (Lipinski definition) is 3. The summed E-state index contributed by atoms with van der Waals surface area (Å²) in [5.41, 5.74) is 1.29. The van der Waals surface area contributed by atoms with E-state index in [9.17, 15) is 9.59 Å². The molecule has 0 radical (unpaired) electrons. The van der Waals surface area contributed by atoms with Gasteiger partial charge in [-0.25, -0.2) is 4.98 Å². The first-order valence-electron chi connectivity index (χ1n) is 11.1. The minimum Gasteiger partial charge on any atom is -0.333 e. The number of para-hydroxylation sites is 1. The Morgan fingerprint density at radius 3 is 2.48 bits per heavy atom. The standard InChI is InChI=1S/C25H28BrN3O2/c1-3-28(24(30)18-9-5-4-6-10-18)17(2)23-27-22-12-8-7-11-21(22)25(31)29(23)20-15-13-19(26)14-16-20/h7-8,11-18H,3-6,9-10H2,1-2H3. The average Bonchev–Trinajstić information content (AvgIpc) is 2.80. The minimum absolute atomic E-state index is 0.0736. The summed E-state index contributed by atoms with van der Waals surface area (Å²) in [5, 5.41) is 0.572. The van der Waals surface area contributed by atoms with Crippen molar-refractivity contribution in [3.8, 4) is 5.69 Å². The van der Waals surface area contributed by atoms with Gasteiger partial charge in [0.15, 0.2) is 0 Å². The third-order valence-electron chi connectivity index (χ3n) is 6.31. The Morgan fingerprint density at radius 2 is 1.81 bits per heavy atom. The monoisotopic (exact) mass is 481 g/mol. The fourth-order valence-corrected chi connectivity index (χ4v) is 4.88. The van der Waals surface area contributed by atoms with Crippen LogP contribution in [0.5, 0.6) is 0 Å². The highest BCUT2D eigenvalue weighted by atomic mass is 79.9. The van der Waals surface area contributed by atoms with Crippen molar-refractivity contribution in [3.05, 3.63) is 69.2 Å². The van der Waals surface area contributed by atoms with Crippen LogP contribution in [0.25, 0.3) is 16.6 Å². The van der Waals surface area contributed by atoms with E-state index < -0.39 is 0 Å². The van der Waals surface area contributed by atoms with Crippen LogP contribution in [-0.2, 0) is 4.79 Å². The summed E-state index contributed by atoms with van der Waals surface area (Å²) in [5.74, 6) is 0.848. The molecule has 31 heavy (non-hydrogen) atoms. The number of halogens is 1. The van der Waals surface area contributed by atoms with Gasteiger partial charge in [-0.15, -0.1) is 0 Å². The third kappa shape index (κ3) is 4.31. The molecule has 5 nitrogen and oxygen atoms in total. The van der Waals surface area contributed by atoms with Gasteiger partial charge in [-0.1, -0.05) is 47.3 Å². The molecule has 2 aromatic carbocycles. The van der Waals surface area contributed by atoms with Crippen LogP contribution in [0.4, 0.5) is 0 Å². The Morgan fingerprint density at radius 1 is 1.13 bits per heavy atom. The molecular formula is C25H28BrN3O2. The van der Waals surface area contributed by atoms with E-state index in [1.54, 1.807) is 10.6 Å². The van der Waals surface area contributed by atoms with Crippen molar-refractivity contribution in [2.24, 2.45) is 5.92 Å². The van der Waals surface area contributed by atoms with Gasteiger partial charge in [-0.05, 0) is 63.1 Å². The highest BCUT2D eigenvalue weighted by Gasteiger charge is 2.31. The normalized spacial score (nSPS) is 15.7. The largest absolute Gasteiger partial charge is 0.333 e. The van der Waals surface area contributed by atoms with Crippen molar-refractivity contribution < 1.29 is 4.79 Å². The second-order valence-electron chi connectivity index (χ2n) is 8.24. The first-order chi connectivity index (χ1) is 15.0. The first kappa shape index (κ1) is 21.8. The van der Waals surface area contributed by atoms with Gasteiger partial charge in [0.1, 0.15) is 5.82 Å². The SMILES string of the molecule is CCN(C(=O)C1CCCCC1)C(C)c1nc2ccccc2c(=O)n1-c1ccc(Br)cc1. The maximum atomic E-state index is 13.5. The zero-order valence-corrected chi connectivity index (χ0v) is 19.6. The number of fused-ring (bicyclic) bond motifs is 1.